The lowest BCUT2D eigenvalue weighted by Gasteiger charge is -2.27. The molecular weight excluding hydrogens is 238 g/mol. The number of rotatable bonds is 11. The molecule has 19 heavy (non-hydrogen) atoms. The molecule has 0 radical (unpaired) electrons. The molecule has 0 saturated carbocycles. The predicted octanol–water partition coefficient (Wildman–Crippen LogP) is 3.09. The van der Waals surface area contributed by atoms with Crippen LogP contribution in [-0.4, -0.2) is 35.0 Å². The SMILES string of the molecule is CNCCC(C)(O)CCCC(C)(O)CCCC(C)C. The summed E-state index contributed by atoms with van der Waals surface area (Å²) in [6.07, 6.45) is 6.31. The summed E-state index contributed by atoms with van der Waals surface area (Å²) >= 11 is 0. The maximum atomic E-state index is 10.3. The van der Waals surface area contributed by atoms with Crippen LogP contribution < -0.4 is 5.32 Å². The van der Waals surface area contributed by atoms with E-state index in [4.69, 9.17) is 0 Å². The molecule has 3 heteroatoms. The Hall–Kier alpha value is -0.120. The van der Waals surface area contributed by atoms with Crippen molar-refractivity contribution in [1.82, 2.24) is 5.32 Å². The standard InChI is InChI=1S/C16H35NO2/c1-14(2)8-6-9-15(3,18)10-7-11-16(4,19)12-13-17-5/h14,17-19H,6-13H2,1-5H3. The average molecular weight is 273 g/mol. The fourth-order valence-electron chi connectivity index (χ4n) is 2.39. The Bertz CT molecular complexity index is 225. The Kier molecular flexibility index (Phi) is 8.88. The van der Waals surface area contributed by atoms with E-state index in [-0.39, 0.29) is 0 Å². The second-order valence-electron chi connectivity index (χ2n) is 6.99. The van der Waals surface area contributed by atoms with Crippen molar-refractivity contribution < 1.29 is 10.2 Å². The van der Waals surface area contributed by atoms with Gasteiger partial charge in [-0.25, -0.2) is 0 Å². The molecular formula is C16H35NO2. The van der Waals surface area contributed by atoms with Crippen LogP contribution in [0.25, 0.3) is 0 Å². The van der Waals surface area contributed by atoms with Crippen molar-refractivity contribution in [2.24, 2.45) is 5.92 Å². The van der Waals surface area contributed by atoms with Gasteiger partial charge < -0.3 is 15.5 Å². The molecule has 0 aromatic heterocycles. The average Bonchev–Trinajstić information content (AvgIpc) is 2.25. The lowest BCUT2D eigenvalue weighted by atomic mass is 9.88. The van der Waals surface area contributed by atoms with Crippen LogP contribution in [0.15, 0.2) is 0 Å². The summed E-state index contributed by atoms with van der Waals surface area (Å²) in [5, 5.41) is 23.5. The number of hydrogen-bond donors (Lipinski definition) is 3. The Labute approximate surface area is 119 Å². The van der Waals surface area contributed by atoms with E-state index >= 15 is 0 Å². The summed E-state index contributed by atoms with van der Waals surface area (Å²) < 4.78 is 0. The normalized spacial score (nSPS) is 18.3. The van der Waals surface area contributed by atoms with Crippen molar-refractivity contribution in [2.45, 2.75) is 83.8 Å². The first kappa shape index (κ1) is 18.9. The summed E-state index contributed by atoms with van der Waals surface area (Å²) in [5.41, 5.74) is -1.19. The fourth-order valence-corrected chi connectivity index (χ4v) is 2.39. The van der Waals surface area contributed by atoms with Crippen molar-refractivity contribution in [3.05, 3.63) is 0 Å². The fraction of sp³-hybridized carbons (Fsp3) is 1.00. The molecule has 0 rings (SSSR count). The third-order valence-corrected chi connectivity index (χ3v) is 3.84. The highest BCUT2D eigenvalue weighted by Gasteiger charge is 2.23. The van der Waals surface area contributed by atoms with Crippen LogP contribution in [0.4, 0.5) is 0 Å². The lowest BCUT2D eigenvalue weighted by Crippen LogP contribution is -2.30. The lowest BCUT2D eigenvalue weighted by molar-refractivity contribution is 0.0123. The molecule has 0 bridgehead atoms. The second kappa shape index (κ2) is 8.93. The highest BCUT2D eigenvalue weighted by molar-refractivity contribution is 4.78. The molecule has 2 atom stereocenters. The van der Waals surface area contributed by atoms with Crippen LogP contribution in [0.2, 0.25) is 0 Å². The monoisotopic (exact) mass is 273 g/mol. The van der Waals surface area contributed by atoms with Gasteiger partial charge in [0, 0.05) is 0 Å². The number of hydrogen-bond acceptors (Lipinski definition) is 3. The largest absolute Gasteiger partial charge is 0.390 e. The van der Waals surface area contributed by atoms with E-state index in [0.717, 1.165) is 45.1 Å². The van der Waals surface area contributed by atoms with E-state index in [2.05, 4.69) is 19.2 Å². The molecule has 0 fully saturated rings. The molecule has 0 aromatic rings. The first-order chi connectivity index (χ1) is 8.68. The molecule has 0 aliphatic rings. The molecule has 0 spiro atoms. The molecule has 0 saturated heterocycles. The molecule has 0 aliphatic carbocycles. The molecule has 2 unspecified atom stereocenters. The first-order valence-electron chi connectivity index (χ1n) is 7.78. The summed E-state index contributed by atoms with van der Waals surface area (Å²) in [5.74, 6) is 0.707. The van der Waals surface area contributed by atoms with Gasteiger partial charge in [-0.15, -0.1) is 0 Å². The van der Waals surface area contributed by atoms with E-state index in [1.165, 1.54) is 6.42 Å². The number of nitrogens with one attached hydrogen (secondary N) is 1. The van der Waals surface area contributed by atoms with Gasteiger partial charge in [-0.05, 0) is 65.5 Å². The van der Waals surface area contributed by atoms with Crippen molar-refractivity contribution >= 4 is 0 Å². The van der Waals surface area contributed by atoms with Gasteiger partial charge in [-0.2, -0.15) is 0 Å². The van der Waals surface area contributed by atoms with Gasteiger partial charge in [-0.3, -0.25) is 0 Å². The maximum Gasteiger partial charge on any atom is 0.0631 e. The minimum Gasteiger partial charge on any atom is -0.390 e. The van der Waals surface area contributed by atoms with E-state index in [1.807, 2.05) is 20.9 Å². The minimum absolute atomic E-state index is 0.575. The molecule has 0 aliphatic heterocycles. The van der Waals surface area contributed by atoms with Crippen molar-refractivity contribution in [3.63, 3.8) is 0 Å². The van der Waals surface area contributed by atoms with Gasteiger partial charge in [0.2, 0.25) is 0 Å². The van der Waals surface area contributed by atoms with Crippen molar-refractivity contribution in [1.29, 1.82) is 0 Å². The van der Waals surface area contributed by atoms with Crippen LogP contribution in [0.5, 0.6) is 0 Å². The Morgan fingerprint density at radius 1 is 0.895 bits per heavy atom. The summed E-state index contributed by atoms with van der Waals surface area (Å²) in [6, 6.07) is 0. The Balaban J connectivity index is 3.84. The molecule has 0 amide bonds. The predicted molar refractivity (Wildman–Crippen MR) is 82.3 cm³/mol. The second-order valence-corrected chi connectivity index (χ2v) is 6.99. The minimum atomic E-state index is -0.614. The molecule has 3 N–H and O–H groups in total. The van der Waals surface area contributed by atoms with Gasteiger partial charge in [0.25, 0.3) is 0 Å². The van der Waals surface area contributed by atoms with E-state index < -0.39 is 11.2 Å². The molecule has 116 valence electrons. The van der Waals surface area contributed by atoms with Gasteiger partial charge in [-0.1, -0.05) is 26.7 Å². The zero-order valence-corrected chi connectivity index (χ0v) is 13.6. The first-order valence-corrected chi connectivity index (χ1v) is 7.78. The zero-order chi connectivity index (χ0) is 14.9. The van der Waals surface area contributed by atoms with Crippen molar-refractivity contribution in [2.75, 3.05) is 13.6 Å². The van der Waals surface area contributed by atoms with Gasteiger partial charge in [0.05, 0.1) is 11.2 Å². The molecule has 0 heterocycles. The van der Waals surface area contributed by atoms with Crippen molar-refractivity contribution in [3.8, 4) is 0 Å². The highest BCUT2D eigenvalue weighted by atomic mass is 16.3. The van der Waals surface area contributed by atoms with Gasteiger partial charge in [0.15, 0.2) is 0 Å². The van der Waals surface area contributed by atoms with E-state index in [1.54, 1.807) is 0 Å². The van der Waals surface area contributed by atoms with Crippen LogP contribution in [0.1, 0.15) is 72.6 Å². The van der Waals surface area contributed by atoms with Crippen LogP contribution in [0.3, 0.4) is 0 Å². The number of aliphatic hydroxyl groups is 2. The van der Waals surface area contributed by atoms with Crippen LogP contribution >= 0.6 is 0 Å². The molecule has 3 nitrogen and oxygen atoms in total. The third-order valence-electron chi connectivity index (χ3n) is 3.84. The summed E-state index contributed by atoms with van der Waals surface area (Å²) in [6.45, 7) is 9.08. The van der Waals surface area contributed by atoms with E-state index in [0.29, 0.717) is 5.92 Å². The Morgan fingerprint density at radius 2 is 1.37 bits per heavy atom. The zero-order valence-electron chi connectivity index (χ0n) is 13.6. The quantitative estimate of drug-likeness (QED) is 0.542. The maximum absolute atomic E-state index is 10.3. The van der Waals surface area contributed by atoms with Gasteiger partial charge >= 0.3 is 0 Å². The summed E-state index contributed by atoms with van der Waals surface area (Å²) in [7, 11) is 1.90. The third kappa shape index (κ3) is 11.4. The molecule has 0 aromatic carbocycles. The van der Waals surface area contributed by atoms with E-state index in [9.17, 15) is 10.2 Å². The Morgan fingerprint density at radius 3 is 1.84 bits per heavy atom. The summed E-state index contributed by atoms with van der Waals surface area (Å²) in [4.78, 5) is 0. The van der Waals surface area contributed by atoms with Gasteiger partial charge in [0.1, 0.15) is 0 Å². The van der Waals surface area contributed by atoms with Crippen LogP contribution in [-0.2, 0) is 0 Å². The topological polar surface area (TPSA) is 52.5 Å². The highest BCUT2D eigenvalue weighted by Crippen LogP contribution is 2.25. The smallest absolute Gasteiger partial charge is 0.0631 e. The van der Waals surface area contributed by atoms with Crippen LogP contribution in [0, 0.1) is 5.92 Å².